The highest BCUT2D eigenvalue weighted by Gasteiger charge is 2.38. The predicted octanol–water partition coefficient (Wildman–Crippen LogP) is 2.82. The van der Waals surface area contributed by atoms with Crippen LogP contribution in [-0.4, -0.2) is 30.2 Å². The molecule has 4 heteroatoms. The average molecular weight is 282 g/mol. The van der Waals surface area contributed by atoms with E-state index in [0.717, 1.165) is 17.6 Å². The molecular formula is C16H26O4. The van der Waals surface area contributed by atoms with E-state index in [0.29, 0.717) is 19.4 Å². The Morgan fingerprint density at radius 2 is 2.20 bits per heavy atom. The highest BCUT2D eigenvalue weighted by atomic mass is 17.2. The monoisotopic (exact) mass is 282 g/mol. The van der Waals surface area contributed by atoms with Gasteiger partial charge in [0.1, 0.15) is 11.9 Å². The number of allylic oxidation sites excluding steroid dienone is 1. The van der Waals surface area contributed by atoms with Gasteiger partial charge in [-0.15, -0.1) is 6.58 Å². The second-order valence-corrected chi connectivity index (χ2v) is 5.64. The van der Waals surface area contributed by atoms with Crippen LogP contribution in [0.2, 0.25) is 0 Å². The molecule has 4 nitrogen and oxygen atoms in total. The standard InChI is InChI=1S/C16H26O4/c1-5-13(10-17)15-9-14(18)8-12(4)16(15)20-19-7-6-11(2)3/h5,12,15-17H,2,6-10H2,1,3-4H3/b13-5-. The Morgan fingerprint density at radius 3 is 2.75 bits per heavy atom. The summed E-state index contributed by atoms with van der Waals surface area (Å²) in [6, 6.07) is 0. The van der Waals surface area contributed by atoms with E-state index in [1.807, 2.05) is 26.8 Å². The molecule has 1 aliphatic rings. The van der Waals surface area contributed by atoms with Gasteiger partial charge in [0, 0.05) is 18.8 Å². The van der Waals surface area contributed by atoms with Crippen molar-refractivity contribution < 1.29 is 19.7 Å². The number of carbonyl (C=O) groups excluding carboxylic acids is 1. The molecule has 1 aliphatic carbocycles. The summed E-state index contributed by atoms with van der Waals surface area (Å²) in [6.45, 7) is 10.0. The van der Waals surface area contributed by atoms with Crippen LogP contribution in [0.1, 0.15) is 40.0 Å². The van der Waals surface area contributed by atoms with Crippen molar-refractivity contribution in [3.05, 3.63) is 23.8 Å². The van der Waals surface area contributed by atoms with Gasteiger partial charge >= 0.3 is 0 Å². The molecule has 1 rings (SSSR count). The SMILES string of the molecule is C=C(C)CCOOC1C(C)CC(=O)CC1/C(=C\C)CO. The molecule has 1 saturated carbocycles. The van der Waals surface area contributed by atoms with Gasteiger partial charge in [0.15, 0.2) is 0 Å². The third-order valence-corrected chi connectivity index (χ3v) is 3.78. The van der Waals surface area contributed by atoms with Gasteiger partial charge in [0.25, 0.3) is 0 Å². The van der Waals surface area contributed by atoms with Gasteiger partial charge in [-0.3, -0.25) is 4.79 Å². The highest BCUT2D eigenvalue weighted by molar-refractivity contribution is 5.80. The molecule has 0 spiro atoms. The Balaban J connectivity index is 2.66. The van der Waals surface area contributed by atoms with Gasteiger partial charge in [-0.2, -0.15) is 0 Å². The lowest BCUT2D eigenvalue weighted by molar-refractivity contribution is -0.341. The molecule has 0 radical (unpaired) electrons. The van der Waals surface area contributed by atoms with Crippen LogP contribution in [-0.2, 0) is 14.6 Å². The molecule has 0 bridgehead atoms. The van der Waals surface area contributed by atoms with E-state index in [9.17, 15) is 9.90 Å². The van der Waals surface area contributed by atoms with Gasteiger partial charge in [-0.1, -0.05) is 18.6 Å². The molecule has 0 amide bonds. The molecule has 20 heavy (non-hydrogen) atoms. The van der Waals surface area contributed by atoms with E-state index in [1.165, 1.54) is 0 Å². The van der Waals surface area contributed by atoms with Crippen LogP contribution in [0.4, 0.5) is 0 Å². The number of Topliss-reactive ketones (excluding diaryl/α,β-unsaturated/α-hetero) is 1. The summed E-state index contributed by atoms with van der Waals surface area (Å²) in [7, 11) is 0. The summed E-state index contributed by atoms with van der Waals surface area (Å²) in [5.41, 5.74) is 1.89. The Labute approximate surface area is 121 Å². The Hall–Kier alpha value is -0.970. The molecule has 0 aromatic rings. The lowest BCUT2D eigenvalue weighted by Crippen LogP contribution is -2.40. The zero-order chi connectivity index (χ0) is 15.1. The lowest BCUT2D eigenvalue weighted by atomic mass is 9.75. The number of aliphatic hydroxyl groups is 1. The van der Waals surface area contributed by atoms with E-state index < -0.39 is 0 Å². The quantitative estimate of drug-likeness (QED) is 0.338. The van der Waals surface area contributed by atoms with Crippen LogP contribution in [0.5, 0.6) is 0 Å². The molecule has 0 aromatic carbocycles. The fraction of sp³-hybridized carbons (Fsp3) is 0.688. The van der Waals surface area contributed by atoms with E-state index >= 15 is 0 Å². The normalized spacial score (nSPS) is 27.7. The van der Waals surface area contributed by atoms with Crippen LogP contribution in [0.3, 0.4) is 0 Å². The van der Waals surface area contributed by atoms with Gasteiger partial charge in [0.2, 0.25) is 0 Å². The van der Waals surface area contributed by atoms with E-state index in [4.69, 9.17) is 9.78 Å². The highest BCUT2D eigenvalue weighted by Crippen LogP contribution is 2.34. The molecular weight excluding hydrogens is 256 g/mol. The lowest BCUT2D eigenvalue weighted by Gasteiger charge is -2.35. The maximum atomic E-state index is 11.8. The van der Waals surface area contributed by atoms with Crippen molar-refractivity contribution >= 4 is 5.78 Å². The smallest absolute Gasteiger partial charge is 0.133 e. The first kappa shape index (κ1) is 17.1. The number of carbonyl (C=O) groups is 1. The van der Waals surface area contributed by atoms with Crippen molar-refractivity contribution in [2.75, 3.05) is 13.2 Å². The first-order chi connectivity index (χ1) is 9.49. The maximum absolute atomic E-state index is 11.8. The zero-order valence-corrected chi connectivity index (χ0v) is 12.7. The molecule has 0 saturated heterocycles. The third-order valence-electron chi connectivity index (χ3n) is 3.78. The van der Waals surface area contributed by atoms with Crippen molar-refractivity contribution in [2.24, 2.45) is 11.8 Å². The van der Waals surface area contributed by atoms with Crippen LogP contribution < -0.4 is 0 Å². The first-order valence-corrected chi connectivity index (χ1v) is 7.19. The van der Waals surface area contributed by atoms with Crippen molar-refractivity contribution in [3.8, 4) is 0 Å². The average Bonchev–Trinajstić information content (AvgIpc) is 2.37. The number of ketones is 1. The van der Waals surface area contributed by atoms with Crippen LogP contribution in [0.25, 0.3) is 0 Å². The number of hydrogen-bond donors (Lipinski definition) is 1. The molecule has 0 aromatic heterocycles. The molecule has 1 N–H and O–H groups in total. The van der Waals surface area contributed by atoms with Gasteiger partial charge < -0.3 is 5.11 Å². The fourth-order valence-electron chi connectivity index (χ4n) is 2.59. The summed E-state index contributed by atoms with van der Waals surface area (Å²) in [4.78, 5) is 22.6. The van der Waals surface area contributed by atoms with Crippen LogP contribution in [0, 0.1) is 11.8 Å². The Bertz CT molecular complexity index is 373. The van der Waals surface area contributed by atoms with Gasteiger partial charge in [-0.25, -0.2) is 9.78 Å². The number of aliphatic hydroxyl groups excluding tert-OH is 1. The van der Waals surface area contributed by atoms with E-state index in [2.05, 4.69) is 6.58 Å². The van der Waals surface area contributed by atoms with Crippen molar-refractivity contribution in [2.45, 2.75) is 46.1 Å². The topological polar surface area (TPSA) is 55.8 Å². The molecule has 0 heterocycles. The Morgan fingerprint density at radius 1 is 1.50 bits per heavy atom. The Kier molecular flexibility index (Phi) is 7.13. The molecule has 0 aliphatic heterocycles. The van der Waals surface area contributed by atoms with Crippen molar-refractivity contribution in [1.82, 2.24) is 0 Å². The first-order valence-electron chi connectivity index (χ1n) is 7.19. The summed E-state index contributed by atoms with van der Waals surface area (Å²) in [5, 5.41) is 9.43. The maximum Gasteiger partial charge on any atom is 0.133 e. The third kappa shape index (κ3) is 4.85. The predicted molar refractivity (Wildman–Crippen MR) is 78.0 cm³/mol. The van der Waals surface area contributed by atoms with E-state index in [-0.39, 0.29) is 30.3 Å². The second-order valence-electron chi connectivity index (χ2n) is 5.64. The number of rotatable bonds is 7. The summed E-state index contributed by atoms with van der Waals surface area (Å²) in [6.07, 6.45) is 3.35. The fourth-order valence-corrected chi connectivity index (χ4v) is 2.59. The molecule has 114 valence electrons. The minimum Gasteiger partial charge on any atom is -0.392 e. The van der Waals surface area contributed by atoms with Gasteiger partial charge in [0.05, 0.1) is 13.2 Å². The largest absolute Gasteiger partial charge is 0.392 e. The molecule has 1 fully saturated rings. The van der Waals surface area contributed by atoms with E-state index in [1.54, 1.807) is 0 Å². The van der Waals surface area contributed by atoms with Crippen LogP contribution >= 0.6 is 0 Å². The minimum absolute atomic E-state index is 0.0488. The zero-order valence-electron chi connectivity index (χ0n) is 12.7. The summed E-state index contributed by atoms with van der Waals surface area (Å²) < 4.78 is 0. The van der Waals surface area contributed by atoms with Crippen molar-refractivity contribution in [3.63, 3.8) is 0 Å². The van der Waals surface area contributed by atoms with Gasteiger partial charge in [-0.05, 0) is 31.8 Å². The minimum atomic E-state index is -0.184. The summed E-state index contributed by atoms with van der Waals surface area (Å²) >= 11 is 0. The van der Waals surface area contributed by atoms with Crippen LogP contribution in [0.15, 0.2) is 23.8 Å². The number of hydrogen-bond acceptors (Lipinski definition) is 4. The molecule has 3 atom stereocenters. The second kappa shape index (κ2) is 8.35. The molecule has 3 unspecified atom stereocenters. The summed E-state index contributed by atoms with van der Waals surface area (Å²) in [5.74, 6) is 0.218. The van der Waals surface area contributed by atoms with Crippen molar-refractivity contribution in [1.29, 1.82) is 0 Å².